The minimum Gasteiger partial charge on any atom is -0.310 e. The van der Waals surface area contributed by atoms with Crippen molar-refractivity contribution in [3.05, 3.63) is 0 Å². The Balaban J connectivity index is 2.06. The second-order valence-corrected chi connectivity index (χ2v) is 7.48. The molecule has 0 aromatic heterocycles. The number of nitrogens with zero attached hydrogens (tertiary/aromatic N) is 1. The van der Waals surface area contributed by atoms with E-state index in [1.807, 2.05) is 0 Å². The van der Waals surface area contributed by atoms with Gasteiger partial charge in [0.15, 0.2) is 0 Å². The van der Waals surface area contributed by atoms with Gasteiger partial charge in [0.05, 0.1) is 0 Å². The molecule has 2 fully saturated rings. The molecule has 0 aromatic rings. The van der Waals surface area contributed by atoms with Crippen LogP contribution in [0.25, 0.3) is 0 Å². The zero-order valence-electron chi connectivity index (χ0n) is 12.3. The second kappa shape index (κ2) is 4.55. The van der Waals surface area contributed by atoms with Crippen LogP contribution < -0.4 is 5.32 Å². The minimum atomic E-state index is 0.371. The fraction of sp³-hybridized carbons (Fsp3) is 1.00. The Labute approximate surface area is 107 Å². The molecule has 0 aromatic carbocycles. The summed E-state index contributed by atoms with van der Waals surface area (Å²) in [5.41, 5.74) is 0.755. The summed E-state index contributed by atoms with van der Waals surface area (Å²) < 4.78 is 0. The highest BCUT2D eigenvalue weighted by atomic mass is 15.2. The molecule has 2 atom stereocenters. The van der Waals surface area contributed by atoms with E-state index in [1.54, 1.807) is 0 Å². The lowest BCUT2D eigenvalue weighted by molar-refractivity contribution is 0.0891. The van der Waals surface area contributed by atoms with Gasteiger partial charge < -0.3 is 5.32 Å². The number of nitrogens with one attached hydrogen (secondary N) is 1. The Morgan fingerprint density at radius 1 is 1.29 bits per heavy atom. The van der Waals surface area contributed by atoms with E-state index in [4.69, 9.17) is 0 Å². The smallest absolute Gasteiger partial charge is 0.0308 e. The Morgan fingerprint density at radius 3 is 2.47 bits per heavy atom. The molecule has 0 bridgehead atoms. The first-order chi connectivity index (χ1) is 7.83. The van der Waals surface area contributed by atoms with E-state index in [1.165, 1.54) is 38.9 Å². The Hall–Kier alpha value is -0.0800. The quantitative estimate of drug-likeness (QED) is 0.796. The largest absolute Gasteiger partial charge is 0.310 e. The maximum atomic E-state index is 3.81. The van der Waals surface area contributed by atoms with Gasteiger partial charge in [-0.05, 0) is 57.5 Å². The summed E-state index contributed by atoms with van der Waals surface area (Å²) in [5.74, 6) is 0.926. The van der Waals surface area contributed by atoms with E-state index >= 15 is 0 Å². The van der Waals surface area contributed by atoms with E-state index in [-0.39, 0.29) is 0 Å². The van der Waals surface area contributed by atoms with E-state index in [0.29, 0.717) is 17.0 Å². The van der Waals surface area contributed by atoms with E-state index < -0.39 is 0 Å². The molecule has 0 spiro atoms. The third-order valence-corrected chi connectivity index (χ3v) is 4.96. The number of rotatable bonds is 2. The van der Waals surface area contributed by atoms with Crippen LogP contribution in [0.3, 0.4) is 0 Å². The predicted molar refractivity (Wildman–Crippen MR) is 74.2 cm³/mol. The molecule has 1 N–H and O–H groups in total. The summed E-state index contributed by atoms with van der Waals surface area (Å²) in [5, 5.41) is 3.81. The highest BCUT2D eigenvalue weighted by Gasteiger charge is 2.44. The fourth-order valence-electron chi connectivity index (χ4n) is 3.09. The van der Waals surface area contributed by atoms with Gasteiger partial charge in [0.2, 0.25) is 0 Å². The van der Waals surface area contributed by atoms with Crippen LogP contribution in [0.2, 0.25) is 0 Å². The molecule has 1 saturated carbocycles. The van der Waals surface area contributed by atoms with Crippen molar-refractivity contribution in [3.8, 4) is 0 Å². The zero-order valence-corrected chi connectivity index (χ0v) is 12.3. The molecular formula is C15H30N2. The van der Waals surface area contributed by atoms with Crippen molar-refractivity contribution in [2.24, 2.45) is 11.3 Å². The van der Waals surface area contributed by atoms with Crippen LogP contribution in [0.1, 0.15) is 53.9 Å². The SMILES string of the molecule is CC(N1CCCNC(C)(C2CC2)C1)C(C)(C)C. The Kier molecular flexibility index (Phi) is 3.57. The summed E-state index contributed by atoms with van der Waals surface area (Å²) >= 11 is 0. The van der Waals surface area contributed by atoms with E-state index in [2.05, 4.69) is 44.8 Å². The lowest BCUT2D eigenvalue weighted by Gasteiger charge is -2.41. The lowest BCUT2D eigenvalue weighted by atomic mass is 9.85. The molecule has 1 aliphatic heterocycles. The van der Waals surface area contributed by atoms with Gasteiger partial charge in [-0.25, -0.2) is 0 Å². The van der Waals surface area contributed by atoms with Gasteiger partial charge in [0, 0.05) is 18.1 Å². The van der Waals surface area contributed by atoms with Gasteiger partial charge in [0.25, 0.3) is 0 Å². The lowest BCUT2D eigenvalue weighted by Crippen LogP contribution is -2.54. The summed E-state index contributed by atoms with van der Waals surface area (Å²) in [6.07, 6.45) is 4.16. The predicted octanol–water partition coefficient (Wildman–Crippen LogP) is 2.89. The highest BCUT2D eigenvalue weighted by molar-refractivity contribution is 5.02. The summed E-state index contributed by atoms with van der Waals surface area (Å²) in [6, 6.07) is 0.667. The molecule has 1 saturated heterocycles. The van der Waals surface area contributed by atoms with Crippen molar-refractivity contribution in [2.45, 2.75) is 65.5 Å². The van der Waals surface area contributed by atoms with Gasteiger partial charge in [-0.15, -0.1) is 0 Å². The molecule has 2 unspecified atom stereocenters. The van der Waals surface area contributed by atoms with Crippen LogP contribution >= 0.6 is 0 Å². The van der Waals surface area contributed by atoms with Crippen molar-refractivity contribution in [1.29, 1.82) is 0 Å². The van der Waals surface area contributed by atoms with Crippen LogP contribution in [0.15, 0.2) is 0 Å². The van der Waals surface area contributed by atoms with Crippen LogP contribution in [-0.4, -0.2) is 36.1 Å². The van der Waals surface area contributed by atoms with E-state index in [9.17, 15) is 0 Å². The third kappa shape index (κ3) is 3.03. The van der Waals surface area contributed by atoms with Crippen LogP contribution in [0.4, 0.5) is 0 Å². The zero-order chi connectivity index (χ0) is 12.7. The van der Waals surface area contributed by atoms with Crippen LogP contribution in [-0.2, 0) is 0 Å². The van der Waals surface area contributed by atoms with Crippen molar-refractivity contribution in [1.82, 2.24) is 10.2 Å². The monoisotopic (exact) mass is 238 g/mol. The van der Waals surface area contributed by atoms with Gasteiger partial charge in [-0.1, -0.05) is 20.8 Å². The molecule has 100 valence electrons. The van der Waals surface area contributed by atoms with Gasteiger partial charge in [-0.2, -0.15) is 0 Å². The third-order valence-electron chi connectivity index (χ3n) is 4.96. The van der Waals surface area contributed by atoms with Crippen molar-refractivity contribution >= 4 is 0 Å². The molecule has 17 heavy (non-hydrogen) atoms. The molecule has 0 amide bonds. The van der Waals surface area contributed by atoms with Crippen LogP contribution in [0, 0.1) is 11.3 Å². The maximum Gasteiger partial charge on any atom is 0.0308 e. The standard InChI is InChI=1S/C15H30N2/c1-12(14(2,3)4)17-10-6-9-16-15(5,11-17)13-7-8-13/h12-13,16H,6-11H2,1-5H3. The fourth-order valence-corrected chi connectivity index (χ4v) is 3.09. The van der Waals surface area contributed by atoms with Gasteiger partial charge in [0.1, 0.15) is 0 Å². The summed E-state index contributed by atoms with van der Waals surface area (Å²) in [7, 11) is 0. The minimum absolute atomic E-state index is 0.371. The molecule has 1 heterocycles. The summed E-state index contributed by atoms with van der Waals surface area (Å²) in [6.45, 7) is 15.6. The first-order valence-electron chi connectivity index (χ1n) is 7.32. The molecule has 2 rings (SSSR count). The molecular weight excluding hydrogens is 208 g/mol. The van der Waals surface area contributed by atoms with Gasteiger partial charge >= 0.3 is 0 Å². The molecule has 2 heteroatoms. The average molecular weight is 238 g/mol. The Morgan fingerprint density at radius 2 is 1.94 bits per heavy atom. The Bertz CT molecular complexity index is 265. The van der Waals surface area contributed by atoms with E-state index in [0.717, 1.165) is 5.92 Å². The summed E-state index contributed by atoms with van der Waals surface area (Å²) in [4.78, 5) is 2.72. The number of hydrogen-bond donors (Lipinski definition) is 1. The van der Waals surface area contributed by atoms with Gasteiger partial charge in [-0.3, -0.25) is 4.90 Å². The topological polar surface area (TPSA) is 15.3 Å². The van der Waals surface area contributed by atoms with Crippen molar-refractivity contribution in [2.75, 3.05) is 19.6 Å². The van der Waals surface area contributed by atoms with Crippen LogP contribution in [0.5, 0.6) is 0 Å². The normalized spacial score (nSPS) is 34.4. The molecule has 1 aliphatic carbocycles. The van der Waals surface area contributed by atoms with Crippen molar-refractivity contribution in [3.63, 3.8) is 0 Å². The number of hydrogen-bond acceptors (Lipinski definition) is 2. The first kappa shape index (κ1) is 13.4. The van der Waals surface area contributed by atoms with Crippen molar-refractivity contribution < 1.29 is 0 Å². The highest BCUT2D eigenvalue weighted by Crippen LogP contribution is 2.41. The molecule has 2 nitrogen and oxygen atoms in total. The average Bonchev–Trinajstić information content (AvgIpc) is 3.01. The molecule has 0 radical (unpaired) electrons. The maximum absolute atomic E-state index is 3.81. The second-order valence-electron chi connectivity index (χ2n) is 7.48. The molecule has 2 aliphatic rings. The first-order valence-corrected chi connectivity index (χ1v) is 7.32.